The number of carbonyl (C=O) groups excluding carboxylic acids is 2. The predicted octanol–water partition coefficient (Wildman–Crippen LogP) is 4.59. The summed E-state index contributed by atoms with van der Waals surface area (Å²) in [6.07, 6.45) is 0.683. The molecule has 3 aromatic carbocycles. The van der Waals surface area contributed by atoms with Gasteiger partial charge in [-0.3, -0.25) is 9.59 Å². The normalized spacial score (nSPS) is 10.8. The van der Waals surface area contributed by atoms with Crippen molar-refractivity contribution in [2.45, 2.75) is 20.3 Å². The first kappa shape index (κ1) is 23.0. The van der Waals surface area contributed by atoms with Gasteiger partial charge < -0.3 is 14.5 Å². The van der Waals surface area contributed by atoms with E-state index in [-0.39, 0.29) is 22.0 Å². The van der Waals surface area contributed by atoms with E-state index in [0.717, 1.165) is 16.7 Å². The first-order chi connectivity index (χ1) is 16.5. The fourth-order valence-electron chi connectivity index (χ4n) is 3.82. The zero-order valence-corrected chi connectivity index (χ0v) is 19.1. The molecule has 34 heavy (non-hydrogen) atoms. The molecule has 0 saturated carbocycles. The van der Waals surface area contributed by atoms with Gasteiger partial charge in [-0.2, -0.15) is 0 Å². The van der Waals surface area contributed by atoms with Crippen molar-refractivity contribution in [3.8, 4) is 11.3 Å². The van der Waals surface area contributed by atoms with Crippen molar-refractivity contribution in [3.05, 3.63) is 105 Å². The molecule has 0 fully saturated rings. The summed E-state index contributed by atoms with van der Waals surface area (Å²) < 4.78 is 11.3. The fraction of sp³-hybridized carbons (Fsp3) is 0.179. The van der Waals surface area contributed by atoms with Gasteiger partial charge in [0.1, 0.15) is 11.3 Å². The molecule has 0 aliphatic carbocycles. The van der Waals surface area contributed by atoms with Crippen LogP contribution in [0.3, 0.4) is 0 Å². The van der Waals surface area contributed by atoms with Crippen molar-refractivity contribution in [3.63, 3.8) is 0 Å². The highest BCUT2D eigenvalue weighted by Gasteiger charge is 2.20. The lowest BCUT2D eigenvalue weighted by molar-refractivity contribution is -0.124. The number of ether oxygens (including phenoxy) is 1. The highest BCUT2D eigenvalue weighted by Crippen LogP contribution is 2.27. The number of aryl methyl sites for hydroxylation is 1. The van der Waals surface area contributed by atoms with Gasteiger partial charge in [0.15, 0.2) is 17.6 Å². The van der Waals surface area contributed by atoms with Crippen molar-refractivity contribution in [1.82, 2.24) is 5.32 Å². The minimum Gasteiger partial charge on any atom is -0.455 e. The van der Waals surface area contributed by atoms with E-state index in [1.54, 1.807) is 19.1 Å². The highest BCUT2D eigenvalue weighted by atomic mass is 16.5. The Morgan fingerprint density at radius 2 is 1.65 bits per heavy atom. The summed E-state index contributed by atoms with van der Waals surface area (Å²) in [7, 11) is 0. The number of benzene rings is 3. The van der Waals surface area contributed by atoms with Crippen LogP contribution >= 0.6 is 0 Å². The number of para-hydroxylation sites is 1. The average molecular weight is 456 g/mol. The molecule has 0 spiro atoms. The lowest BCUT2D eigenvalue weighted by Crippen LogP contribution is -2.30. The summed E-state index contributed by atoms with van der Waals surface area (Å²) in [5, 5.41) is 3.05. The van der Waals surface area contributed by atoms with E-state index >= 15 is 0 Å². The Labute approximate surface area is 197 Å². The van der Waals surface area contributed by atoms with Gasteiger partial charge in [-0.1, -0.05) is 60.7 Å². The second-order valence-corrected chi connectivity index (χ2v) is 8.04. The van der Waals surface area contributed by atoms with Crippen LogP contribution < -0.4 is 10.7 Å². The second-order valence-electron chi connectivity index (χ2n) is 8.04. The summed E-state index contributed by atoms with van der Waals surface area (Å²) >= 11 is 0. The number of hydrogen-bond acceptors (Lipinski definition) is 5. The van der Waals surface area contributed by atoms with Gasteiger partial charge >= 0.3 is 5.97 Å². The van der Waals surface area contributed by atoms with Crippen molar-refractivity contribution in [1.29, 1.82) is 0 Å². The molecule has 172 valence electrons. The molecule has 4 rings (SSSR count). The Hall–Kier alpha value is -4.19. The zero-order chi connectivity index (χ0) is 24.1. The molecule has 6 nitrogen and oxygen atoms in total. The molecule has 4 aromatic rings. The van der Waals surface area contributed by atoms with Crippen LogP contribution in [0.1, 0.15) is 27.0 Å². The van der Waals surface area contributed by atoms with Crippen molar-refractivity contribution >= 4 is 22.8 Å². The largest absolute Gasteiger partial charge is 0.455 e. The summed E-state index contributed by atoms with van der Waals surface area (Å²) in [6, 6.07) is 21.9. The van der Waals surface area contributed by atoms with Crippen molar-refractivity contribution in [2.75, 3.05) is 13.2 Å². The van der Waals surface area contributed by atoms with Gasteiger partial charge in [0.2, 0.25) is 0 Å². The number of fused-ring (bicyclic) bond motifs is 1. The molecule has 0 saturated heterocycles. The van der Waals surface area contributed by atoms with E-state index in [2.05, 4.69) is 5.32 Å². The van der Waals surface area contributed by atoms with E-state index < -0.39 is 18.5 Å². The first-order valence-electron chi connectivity index (χ1n) is 11.1. The van der Waals surface area contributed by atoms with Crippen LogP contribution in [0, 0.1) is 13.8 Å². The minimum absolute atomic E-state index is 0.0968. The van der Waals surface area contributed by atoms with Gasteiger partial charge in [-0.05, 0) is 43.5 Å². The monoisotopic (exact) mass is 455 g/mol. The molecule has 0 aliphatic rings. The average Bonchev–Trinajstić information content (AvgIpc) is 2.86. The Morgan fingerprint density at radius 3 is 2.41 bits per heavy atom. The molecule has 1 N–H and O–H groups in total. The van der Waals surface area contributed by atoms with E-state index in [0.29, 0.717) is 24.3 Å². The Balaban J connectivity index is 1.48. The van der Waals surface area contributed by atoms with E-state index in [1.807, 2.05) is 61.5 Å². The molecular weight excluding hydrogens is 430 g/mol. The van der Waals surface area contributed by atoms with Crippen LogP contribution in [0.25, 0.3) is 22.3 Å². The van der Waals surface area contributed by atoms with Crippen LogP contribution in [-0.4, -0.2) is 25.0 Å². The second kappa shape index (κ2) is 10.2. The molecule has 6 heteroatoms. The molecule has 0 unspecified atom stereocenters. The predicted molar refractivity (Wildman–Crippen MR) is 131 cm³/mol. The molecular formula is C28H25NO5. The molecule has 0 bridgehead atoms. The van der Waals surface area contributed by atoms with Crippen LogP contribution in [-0.2, 0) is 16.0 Å². The molecule has 1 heterocycles. The maximum Gasteiger partial charge on any atom is 0.342 e. The minimum atomic E-state index is -0.731. The van der Waals surface area contributed by atoms with Crippen LogP contribution in [0.4, 0.5) is 0 Å². The van der Waals surface area contributed by atoms with Crippen molar-refractivity contribution < 1.29 is 18.7 Å². The molecule has 0 atom stereocenters. The van der Waals surface area contributed by atoms with E-state index in [9.17, 15) is 14.4 Å². The smallest absolute Gasteiger partial charge is 0.342 e. The summed E-state index contributed by atoms with van der Waals surface area (Å²) in [4.78, 5) is 37.9. The third-order valence-electron chi connectivity index (χ3n) is 5.71. The van der Waals surface area contributed by atoms with E-state index in [4.69, 9.17) is 9.15 Å². The molecule has 1 aromatic heterocycles. The Kier molecular flexibility index (Phi) is 6.87. The zero-order valence-electron chi connectivity index (χ0n) is 19.1. The number of esters is 1. The molecule has 0 aliphatic heterocycles. The Morgan fingerprint density at radius 1 is 0.912 bits per heavy atom. The third-order valence-corrected chi connectivity index (χ3v) is 5.71. The number of nitrogens with one attached hydrogen (secondary N) is 1. The Bertz CT molecular complexity index is 1410. The third kappa shape index (κ3) is 4.91. The van der Waals surface area contributed by atoms with Gasteiger partial charge in [0, 0.05) is 17.7 Å². The number of amides is 1. The SMILES string of the molecule is Cc1ccccc1CCNC(=O)COC(=O)c1cccc2c(=O)c(C)c(-c3ccccc3)oc12. The van der Waals surface area contributed by atoms with Crippen molar-refractivity contribution in [2.24, 2.45) is 0 Å². The summed E-state index contributed by atoms with van der Waals surface area (Å²) in [5.41, 5.74) is 3.51. The number of carbonyl (C=O) groups is 2. The van der Waals surface area contributed by atoms with Gasteiger partial charge in [-0.25, -0.2) is 4.79 Å². The maximum atomic E-state index is 12.9. The first-order valence-corrected chi connectivity index (χ1v) is 11.1. The maximum absolute atomic E-state index is 12.9. The van der Waals surface area contributed by atoms with Crippen LogP contribution in [0.15, 0.2) is 82.0 Å². The standard InChI is InChI=1S/C28H25NO5/c1-18-9-6-7-10-20(18)15-16-29-24(30)17-33-28(32)23-14-8-13-22-25(31)19(2)26(34-27(22)23)21-11-4-3-5-12-21/h3-14H,15-17H2,1-2H3,(H,29,30). The van der Waals surface area contributed by atoms with Crippen LogP contribution in [0.2, 0.25) is 0 Å². The molecule has 0 radical (unpaired) electrons. The quantitative estimate of drug-likeness (QED) is 0.412. The molecule has 1 amide bonds. The number of rotatable bonds is 7. The van der Waals surface area contributed by atoms with Gasteiger partial charge in [0.05, 0.1) is 5.39 Å². The number of hydrogen-bond donors (Lipinski definition) is 1. The van der Waals surface area contributed by atoms with Gasteiger partial charge in [0.25, 0.3) is 5.91 Å². The van der Waals surface area contributed by atoms with Crippen LogP contribution in [0.5, 0.6) is 0 Å². The summed E-state index contributed by atoms with van der Waals surface area (Å²) in [6.45, 7) is 3.72. The van der Waals surface area contributed by atoms with Gasteiger partial charge in [-0.15, -0.1) is 0 Å². The van der Waals surface area contributed by atoms with E-state index in [1.165, 1.54) is 6.07 Å². The lowest BCUT2D eigenvalue weighted by Gasteiger charge is -2.11. The lowest BCUT2D eigenvalue weighted by atomic mass is 10.0. The fourth-order valence-corrected chi connectivity index (χ4v) is 3.82. The topological polar surface area (TPSA) is 85.6 Å². The summed E-state index contributed by atoms with van der Waals surface area (Å²) in [5.74, 6) is -0.734. The highest BCUT2D eigenvalue weighted by molar-refractivity contribution is 6.02.